The van der Waals surface area contributed by atoms with Gasteiger partial charge in [0, 0.05) is 23.3 Å². The average molecular weight is 513 g/mol. The fourth-order valence-electron chi connectivity index (χ4n) is 4.16. The number of carbonyl (C=O) groups is 3. The first-order valence-electron chi connectivity index (χ1n) is 11.0. The number of amides is 4. The molecule has 1 aliphatic carbocycles. The molecule has 0 unspecified atom stereocenters. The standard InChI is InChI=1S/C25H19F3N4O3S/c26-25(27,28)36-19-8-6-18(7-9-19)32-22(34)24(11-12-24)31(23(32)35)15-16-10-13-29-20(14-16)21(33)30-17-4-2-1-3-5-17/h1-10,13-14H,11-12,15H2,(H,30,33). The Morgan fingerprint density at radius 2 is 1.72 bits per heavy atom. The first kappa shape index (κ1) is 23.9. The summed E-state index contributed by atoms with van der Waals surface area (Å²) in [5, 5.41) is 2.75. The lowest BCUT2D eigenvalue weighted by atomic mass is 10.1. The van der Waals surface area contributed by atoms with Crippen molar-refractivity contribution in [2.24, 2.45) is 0 Å². The van der Waals surface area contributed by atoms with Crippen LogP contribution in [0.25, 0.3) is 0 Å². The maximum atomic E-state index is 13.3. The summed E-state index contributed by atoms with van der Waals surface area (Å²) in [6.07, 6.45) is 2.44. The van der Waals surface area contributed by atoms with E-state index >= 15 is 0 Å². The Bertz CT molecular complexity index is 1330. The van der Waals surface area contributed by atoms with Crippen LogP contribution in [0.2, 0.25) is 0 Å². The van der Waals surface area contributed by atoms with Crippen molar-refractivity contribution in [3.05, 3.63) is 84.2 Å². The second-order valence-electron chi connectivity index (χ2n) is 8.45. The molecule has 4 amide bonds. The van der Waals surface area contributed by atoms with Crippen LogP contribution >= 0.6 is 11.8 Å². The monoisotopic (exact) mass is 512 g/mol. The smallest absolute Gasteiger partial charge is 0.321 e. The van der Waals surface area contributed by atoms with E-state index in [-0.39, 0.29) is 34.6 Å². The van der Waals surface area contributed by atoms with Crippen LogP contribution in [0.4, 0.5) is 29.3 Å². The zero-order valence-corrected chi connectivity index (χ0v) is 19.5. The number of benzene rings is 2. The van der Waals surface area contributed by atoms with E-state index in [1.165, 1.54) is 35.4 Å². The van der Waals surface area contributed by atoms with Gasteiger partial charge in [0.05, 0.1) is 5.69 Å². The van der Waals surface area contributed by atoms with Crippen molar-refractivity contribution in [2.45, 2.75) is 35.3 Å². The fraction of sp³-hybridized carbons (Fsp3) is 0.200. The van der Waals surface area contributed by atoms with Crippen molar-refractivity contribution >= 4 is 41.0 Å². The number of anilines is 2. The number of carbonyl (C=O) groups excluding carboxylic acids is 3. The molecule has 1 aliphatic heterocycles. The molecule has 0 atom stereocenters. The molecule has 1 saturated heterocycles. The molecule has 184 valence electrons. The molecule has 1 N–H and O–H groups in total. The van der Waals surface area contributed by atoms with E-state index in [0.29, 0.717) is 24.1 Å². The third-order valence-corrected chi connectivity index (χ3v) is 6.76. The molecule has 2 heterocycles. The largest absolute Gasteiger partial charge is 0.446 e. The van der Waals surface area contributed by atoms with Gasteiger partial charge < -0.3 is 10.2 Å². The third kappa shape index (κ3) is 4.66. The highest BCUT2D eigenvalue weighted by Crippen LogP contribution is 2.50. The first-order chi connectivity index (χ1) is 17.2. The lowest BCUT2D eigenvalue weighted by molar-refractivity contribution is -0.120. The second-order valence-corrected chi connectivity index (χ2v) is 9.59. The minimum atomic E-state index is -4.43. The predicted octanol–water partition coefficient (Wildman–Crippen LogP) is 5.45. The molecule has 7 nitrogen and oxygen atoms in total. The number of halogens is 3. The number of aromatic nitrogens is 1. The van der Waals surface area contributed by atoms with Gasteiger partial charge in [-0.2, -0.15) is 13.2 Å². The normalized spacial score (nSPS) is 16.5. The van der Waals surface area contributed by atoms with Gasteiger partial charge in [-0.05, 0) is 78.7 Å². The number of pyridine rings is 1. The maximum Gasteiger partial charge on any atom is 0.446 e. The van der Waals surface area contributed by atoms with E-state index in [9.17, 15) is 27.6 Å². The average Bonchev–Trinajstić information content (AvgIpc) is 3.62. The fourth-order valence-corrected chi connectivity index (χ4v) is 4.70. The molecule has 5 rings (SSSR count). The summed E-state index contributed by atoms with van der Waals surface area (Å²) in [6, 6.07) is 16.7. The van der Waals surface area contributed by atoms with Crippen molar-refractivity contribution in [2.75, 3.05) is 10.2 Å². The number of alkyl halides is 3. The molecule has 1 saturated carbocycles. The van der Waals surface area contributed by atoms with Crippen molar-refractivity contribution in [1.82, 2.24) is 9.88 Å². The van der Waals surface area contributed by atoms with Crippen LogP contribution in [0.3, 0.4) is 0 Å². The van der Waals surface area contributed by atoms with E-state index in [4.69, 9.17) is 0 Å². The third-order valence-electron chi connectivity index (χ3n) is 6.02. The molecule has 1 spiro atoms. The Labute approximate surface area is 208 Å². The summed E-state index contributed by atoms with van der Waals surface area (Å²) in [4.78, 5) is 45.7. The molecule has 3 aromatic rings. The van der Waals surface area contributed by atoms with Gasteiger partial charge in [-0.3, -0.25) is 14.6 Å². The van der Waals surface area contributed by atoms with Crippen LogP contribution in [0.1, 0.15) is 28.9 Å². The van der Waals surface area contributed by atoms with Gasteiger partial charge in [-0.1, -0.05) is 18.2 Å². The van der Waals surface area contributed by atoms with E-state index < -0.39 is 28.9 Å². The number of urea groups is 1. The Kier molecular flexibility index (Phi) is 5.95. The number of thioether (sulfide) groups is 1. The Hall–Kier alpha value is -3.86. The van der Waals surface area contributed by atoms with Gasteiger partial charge >= 0.3 is 11.5 Å². The molecular formula is C25H19F3N4O3S. The summed E-state index contributed by atoms with van der Waals surface area (Å²) in [5.74, 6) is -0.814. The van der Waals surface area contributed by atoms with Gasteiger partial charge in [0.1, 0.15) is 11.2 Å². The highest BCUT2D eigenvalue weighted by Gasteiger charge is 2.65. The van der Waals surface area contributed by atoms with Gasteiger partial charge in [-0.15, -0.1) is 0 Å². The van der Waals surface area contributed by atoms with Crippen molar-refractivity contribution in [3.8, 4) is 0 Å². The van der Waals surface area contributed by atoms with Crippen LogP contribution in [0, 0.1) is 0 Å². The Balaban J connectivity index is 1.34. The highest BCUT2D eigenvalue weighted by atomic mass is 32.2. The molecule has 2 aromatic carbocycles. The molecule has 11 heteroatoms. The minimum Gasteiger partial charge on any atom is -0.321 e. The lowest BCUT2D eigenvalue weighted by Crippen LogP contribution is -2.36. The highest BCUT2D eigenvalue weighted by molar-refractivity contribution is 8.00. The zero-order valence-electron chi connectivity index (χ0n) is 18.7. The first-order valence-corrected chi connectivity index (χ1v) is 11.8. The summed E-state index contributed by atoms with van der Waals surface area (Å²) in [7, 11) is 0. The number of nitrogens with zero attached hydrogens (tertiary/aromatic N) is 3. The van der Waals surface area contributed by atoms with E-state index in [2.05, 4.69) is 10.3 Å². The van der Waals surface area contributed by atoms with E-state index in [0.717, 1.165) is 4.90 Å². The predicted molar refractivity (Wildman–Crippen MR) is 127 cm³/mol. The quantitative estimate of drug-likeness (QED) is 0.351. The van der Waals surface area contributed by atoms with Gasteiger partial charge in [0.15, 0.2) is 0 Å². The molecular weight excluding hydrogens is 493 g/mol. The lowest BCUT2D eigenvalue weighted by Gasteiger charge is -2.21. The number of nitrogens with one attached hydrogen (secondary N) is 1. The van der Waals surface area contributed by atoms with Crippen LogP contribution in [0.15, 0.2) is 77.8 Å². The van der Waals surface area contributed by atoms with Crippen molar-refractivity contribution in [3.63, 3.8) is 0 Å². The summed E-state index contributed by atoms with van der Waals surface area (Å²) < 4.78 is 37.9. The number of hydrogen-bond acceptors (Lipinski definition) is 5. The molecule has 2 aliphatic rings. The summed E-state index contributed by atoms with van der Waals surface area (Å²) in [6.45, 7) is 0.0806. The molecule has 0 bridgehead atoms. The van der Waals surface area contributed by atoms with Gasteiger partial charge in [0.25, 0.3) is 11.8 Å². The SMILES string of the molecule is O=C(Nc1ccccc1)c1cc(CN2C(=O)N(c3ccc(SC(F)(F)F)cc3)C(=O)C23CC3)ccn1. The van der Waals surface area contributed by atoms with Gasteiger partial charge in [-0.25, -0.2) is 9.69 Å². The zero-order chi connectivity index (χ0) is 25.5. The summed E-state index contributed by atoms with van der Waals surface area (Å²) >= 11 is -0.265. The van der Waals surface area contributed by atoms with Crippen molar-refractivity contribution in [1.29, 1.82) is 0 Å². The molecule has 2 fully saturated rings. The Morgan fingerprint density at radius 1 is 1.03 bits per heavy atom. The summed E-state index contributed by atoms with van der Waals surface area (Å²) in [5.41, 5.74) is -3.81. The van der Waals surface area contributed by atoms with Crippen LogP contribution in [0.5, 0.6) is 0 Å². The van der Waals surface area contributed by atoms with Crippen LogP contribution in [-0.4, -0.2) is 38.8 Å². The number of hydrogen-bond donors (Lipinski definition) is 1. The van der Waals surface area contributed by atoms with Crippen LogP contribution in [-0.2, 0) is 11.3 Å². The maximum absolute atomic E-state index is 13.3. The second kappa shape index (κ2) is 8.98. The van der Waals surface area contributed by atoms with Crippen LogP contribution < -0.4 is 10.2 Å². The number of imide groups is 1. The molecule has 36 heavy (non-hydrogen) atoms. The van der Waals surface area contributed by atoms with E-state index in [1.54, 1.807) is 36.4 Å². The number of rotatable bonds is 6. The number of para-hydroxylation sites is 1. The van der Waals surface area contributed by atoms with Gasteiger partial charge in [0.2, 0.25) is 0 Å². The van der Waals surface area contributed by atoms with E-state index in [1.807, 2.05) is 6.07 Å². The Morgan fingerprint density at radius 3 is 2.36 bits per heavy atom. The topological polar surface area (TPSA) is 82.6 Å². The molecule has 1 aromatic heterocycles. The van der Waals surface area contributed by atoms with Crippen molar-refractivity contribution < 1.29 is 27.6 Å². The minimum absolute atomic E-state index is 0.0403. The molecule has 0 radical (unpaired) electrons.